The normalized spacial score (nSPS) is 10.4. The Labute approximate surface area is 87.5 Å². The van der Waals surface area contributed by atoms with Gasteiger partial charge in [0.05, 0.1) is 12.8 Å². The van der Waals surface area contributed by atoms with Gasteiger partial charge in [0.25, 0.3) is 5.56 Å². The molecule has 0 amide bonds. The topological polar surface area (TPSA) is 72.0 Å². The number of nitrogens with zero attached hydrogens (tertiary/aromatic N) is 1. The molecule has 0 fully saturated rings. The highest BCUT2D eigenvalue weighted by Gasteiger charge is 2.19. The summed E-state index contributed by atoms with van der Waals surface area (Å²) < 4.78 is 4.81. The van der Waals surface area contributed by atoms with Crippen LogP contribution in [0.15, 0.2) is 11.0 Å². The number of ether oxygens (including phenoxy) is 1. The first kappa shape index (κ1) is 11.4. The van der Waals surface area contributed by atoms with Crippen molar-refractivity contribution in [3.63, 3.8) is 0 Å². The fourth-order valence-electron chi connectivity index (χ4n) is 1.26. The first-order valence-electron chi connectivity index (χ1n) is 4.82. The first-order chi connectivity index (χ1) is 7.07. The summed E-state index contributed by atoms with van der Waals surface area (Å²) in [5.74, 6) is -0.538. The molecule has 0 aromatic carbocycles. The van der Waals surface area contributed by atoms with Gasteiger partial charge in [0.15, 0.2) is 0 Å². The van der Waals surface area contributed by atoms with Crippen molar-refractivity contribution in [1.29, 1.82) is 0 Å². The number of hydrogen-bond donors (Lipinski definition) is 1. The van der Waals surface area contributed by atoms with E-state index >= 15 is 0 Å². The van der Waals surface area contributed by atoms with E-state index in [0.29, 0.717) is 5.56 Å². The minimum atomic E-state index is -0.593. The summed E-state index contributed by atoms with van der Waals surface area (Å²) in [6.07, 6.45) is 1.48. The van der Waals surface area contributed by atoms with Gasteiger partial charge in [0, 0.05) is 0 Å². The molecule has 0 aliphatic rings. The zero-order chi connectivity index (χ0) is 11.4. The summed E-state index contributed by atoms with van der Waals surface area (Å²) in [5.41, 5.74) is 0.165. The van der Waals surface area contributed by atoms with Gasteiger partial charge in [0.2, 0.25) is 0 Å². The van der Waals surface area contributed by atoms with Gasteiger partial charge in [-0.15, -0.1) is 0 Å². The molecule has 0 atom stereocenters. The third-order valence-corrected chi connectivity index (χ3v) is 1.99. The van der Waals surface area contributed by atoms with Gasteiger partial charge in [-0.05, 0) is 18.4 Å². The van der Waals surface area contributed by atoms with Crippen LogP contribution in [0.2, 0.25) is 0 Å². The number of H-pyrrole nitrogens is 1. The molecular formula is C10H14N2O3. The van der Waals surface area contributed by atoms with E-state index in [4.69, 9.17) is 4.74 Å². The van der Waals surface area contributed by atoms with Crippen molar-refractivity contribution < 1.29 is 9.53 Å². The number of carbonyl (C=O) groups excluding carboxylic acids is 1. The average Bonchev–Trinajstić information content (AvgIpc) is 2.17. The van der Waals surface area contributed by atoms with Crippen LogP contribution in [0.5, 0.6) is 0 Å². The number of carbonyl (C=O) groups is 1. The molecule has 0 radical (unpaired) electrons. The Balaban J connectivity index is 3.25. The van der Waals surface area contributed by atoms with Crippen LogP contribution < -0.4 is 5.56 Å². The maximum absolute atomic E-state index is 11.5. The Morgan fingerprint density at radius 3 is 2.80 bits per heavy atom. The van der Waals surface area contributed by atoms with E-state index in [2.05, 4.69) is 10.2 Å². The molecule has 0 aliphatic carbocycles. The van der Waals surface area contributed by atoms with Crippen LogP contribution >= 0.6 is 0 Å². The summed E-state index contributed by atoms with van der Waals surface area (Å²) in [5, 5.41) is 5.89. The fraction of sp³-hybridized carbons (Fsp3) is 0.500. The zero-order valence-corrected chi connectivity index (χ0v) is 9.03. The third-order valence-electron chi connectivity index (χ3n) is 1.99. The number of esters is 1. The number of rotatable bonds is 3. The Hall–Kier alpha value is -1.65. The van der Waals surface area contributed by atoms with E-state index in [1.165, 1.54) is 6.20 Å². The van der Waals surface area contributed by atoms with E-state index in [1.807, 2.05) is 13.8 Å². The molecule has 1 heterocycles. The molecular weight excluding hydrogens is 196 g/mol. The van der Waals surface area contributed by atoms with Gasteiger partial charge >= 0.3 is 5.97 Å². The van der Waals surface area contributed by atoms with Gasteiger partial charge in [-0.1, -0.05) is 13.8 Å². The van der Waals surface area contributed by atoms with E-state index in [1.54, 1.807) is 6.92 Å². The lowest BCUT2D eigenvalue weighted by atomic mass is 10.0. The van der Waals surface area contributed by atoms with E-state index in [0.717, 1.165) is 0 Å². The highest BCUT2D eigenvalue weighted by atomic mass is 16.5. The summed E-state index contributed by atoms with van der Waals surface area (Å²) in [7, 11) is 0. The monoisotopic (exact) mass is 210 g/mol. The highest BCUT2D eigenvalue weighted by molar-refractivity contribution is 5.90. The minimum Gasteiger partial charge on any atom is -0.462 e. The van der Waals surface area contributed by atoms with Gasteiger partial charge < -0.3 is 4.74 Å². The second-order valence-electron chi connectivity index (χ2n) is 3.40. The molecule has 0 aliphatic heterocycles. The van der Waals surface area contributed by atoms with Crippen LogP contribution in [-0.2, 0) is 4.74 Å². The van der Waals surface area contributed by atoms with Gasteiger partial charge in [-0.2, -0.15) is 5.10 Å². The Morgan fingerprint density at radius 2 is 2.27 bits per heavy atom. The van der Waals surface area contributed by atoms with Gasteiger partial charge in [0.1, 0.15) is 5.56 Å². The molecule has 1 N–H and O–H groups in total. The van der Waals surface area contributed by atoms with Crippen LogP contribution in [0, 0.1) is 0 Å². The maximum atomic E-state index is 11.5. The quantitative estimate of drug-likeness (QED) is 0.757. The Morgan fingerprint density at radius 1 is 1.60 bits per heavy atom. The molecule has 82 valence electrons. The SMILES string of the molecule is CCOC(=O)c1c(C(C)C)cn[nH]c1=O. The van der Waals surface area contributed by atoms with E-state index < -0.39 is 11.5 Å². The third kappa shape index (κ3) is 2.43. The molecule has 15 heavy (non-hydrogen) atoms. The van der Waals surface area contributed by atoms with Crippen molar-refractivity contribution >= 4 is 5.97 Å². The molecule has 0 spiro atoms. The van der Waals surface area contributed by atoms with Crippen molar-refractivity contribution in [2.45, 2.75) is 26.7 Å². The average molecular weight is 210 g/mol. The predicted octanol–water partition coefficient (Wildman–Crippen LogP) is 1.07. The Kier molecular flexibility index (Phi) is 3.60. The summed E-state index contributed by atoms with van der Waals surface area (Å²) >= 11 is 0. The number of hydrogen-bond acceptors (Lipinski definition) is 4. The van der Waals surface area contributed by atoms with Crippen LogP contribution in [0.1, 0.15) is 42.6 Å². The van der Waals surface area contributed by atoms with Crippen molar-refractivity contribution in [3.8, 4) is 0 Å². The van der Waals surface area contributed by atoms with Crippen molar-refractivity contribution in [2.24, 2.45) is 0 Å². The number of aromatic amines is 1. The molecule has 5 nitrogen and oxygen atoms in total. The zero-order valence-electron chi connectivity index (χ0n) is 9.03. The lowest BCUT2D eigenvalue weighted by molar-refractivity contribution is 0.0522. The lowest BCUT2D eigenvalue weighted by Crippen LogP contribution is -2.23. The van der Waals surface area contributed by atoms with Crippen LogP contribution in [0.25, 0.3) is 0 Å². The second-order valence-corrected chi connectivity index (χ2v) is 3.40. The molecule has 1 aromatic rings. The van der Waals surface area contributed by atoms with E-state index in [9.17, 15) is 9.59 Å². The van der Waals surface area contributed by atoms with Crippen molar-refractivity contribution in [2.75, 3.05) is 6.61 Å². The van der Waals surface area contributed by atoms with Crippen LogP contribution in [-0.4, -0.2) is 22.8 Å². The molecule has 1 aromatic heterocycles. The first-order valence-corrected chi connectivity index (χ1v) is 4.82. The number of nitrogens with one attached hydrogen (secondary N) is 1. The molecule has 1 rings (SSSR count). The van der Waals surface area contributed by atoms with Crippen LogP contribution in [0.4, 0.5) is 0 Å². The number of aromatic nitrogens is 2. The molecule has 0 unspecified atom stereocenters. The summed E-state index contributed by atoms with van der Waals surface area (Å²) in [6.45, 7) is 5.72. The smallest absolute Gasteiger partial charge is 0.344 e. The predicted molar refractivity (Wildman–Crippen MR) is 54.9 cm³/mol. The molecule has 5 heteroatoms. The summed E-state index contributed by atoms with van der Waals surface area (Å²) in [6, 6.07) is 0. The lowest BCUT2D eigenvalue weighted by Gasteiger charge is -2.09. The van der Waals surface area contributed by atoms with Gasteiger partial charge in [-0.3, -0.25) is 4.79 Å². The van der Waals surface area contributed by atoms with Crippen LogP contribution in [0.3, 0.4) is 0 Å². The minimum absolute atomic E-state index is 0.0548. The Bertz CT molecular complexity index is 409. The molecule has 0 saturated carbocycles. The largest absolute Gasteiger partial charge is 0.462 e. The highest BCUT2D eigenvalue weighted by Crippen LogP contribution is 2.15. The van der Waals surface area contributed by atoms with Crippen molar-refractivity contribution in [3.05, 3.63) is 27.7 Å². The fourth-order valence-corrected chi connectivity index (χ4v) is 1.26. The van der Waals surface area contributed by atoms with Gasteiger partial charge in [-0.25, -0.2) is 9.89 Å². The second kappa shape index (κ2) is 4.72. The maximum Gasteiger partial charge on any atom is 0.344 e. The summed E-state index contributed by atoms with van der Waals surface area (Å²) in [4.78, 5) is 23.0. The van der Waals surface area contributed by atoms with Crippen molar-refractivity contribution in [1.82, 2.24) is 10.2 Å². The standard InChI is InChI=1S/C10H14N2O3/c1-4-15-10(14)8-7(6(2)3)5-11-12-9(8)13/h5-6H,4H2,1-3H3,(H,12,13). The molecule has 0 saturated heterocycles. The van der Waals surface area contributed by atoms with E-state index in [-0.39, 0.29) is 18.1 Å². The molecule has 0 bridgehead atoms.